The molecule has 2 rings (SSSR count). The van der Waals surface area contributed by atoms with Gasteiger partial charge in [0, 0.05) is 16.0 Å². The van der Waals surface area contributed by atoms with Gasteiger partial charge in [-0.1, -0.05) is 41.9 Å². The Labute approximate surface area is 118 Å². The Kier molecular flexibility index (Phi) is 4.20. The van der Waals surface area contributed by atoms with Gasteiger partial charge in [-0.05, 0) is 11.5 Å². The number of rotatable bonds is 5. The van der Waals surface area contributed by atoms with Crippen molar-refractivity contribution in [2.45, 2.75) is 5.92 Å². The third kappa shape index (κ3) is 3.05. The van der Waals surface area contributed by atoms with Gasteiger partial charge in [0.2, 0.25) is 0 Å². The number of aliphatic carboxylic acids is 1. The molecule has 0 aromatic heterocycles. The lowest BCUT2D eigenvalue weighted by Gasteiger charge is -2.19. The van der Waals surface area contributed by atoms with Gasteiger partial charge in [-0.2, -0.15) is 8.78 Å². The molecule has 3 nitrogen and oxygen atoms in total. The number of benzene rings is 2. The molecule has 0 radical (unpaired) electrons. The average molecular weight is 301 g/mol. The smallest absolute Gasteiger partial charge is 0.329 e. The van der Waals surface area contributed by atoms with E-state index in [0.717, 1.165) is 0 Å². The maximum Gasteiger partial charge on any atom is 0.329 e. The topological polar surface area (TPSA) is 46.5 Å². The van der Waals surface area contributed by atoms with Gasteiger partial charge in [-0.3, -0.25) is 0 Å². The fourth-order valence-corrected chi connectivity index (χ4v) is 2.15. The zero-order valence-corrected chi connectivity index (χ0v) is 11.0. The molecule has 0 atom stereocenters. The van der Waals surface area contributed by atoms with Gasteiger partial charge in [0.1, 0.15) is 13.2 Å². The van der Waals surface area contributed by atoms with Gasteiger partial charge < -0.3 is 9.84 Å². The van der Waals surface area contributed by atoms with E-state index in [0.29, 0.717) is 15.8 Å². The molecule has 0 fully saturated rings. The van der Waals surface area contributed by atoms with Crippen LogP contribution in [0.1, 0.15) is 5.56 Å². The minimum atomic E-state index is -3.29. The van der Waals surface area contributed by atoms with E-state index in [1.807, 2.05) is 0 Å². The highest BCUT2D eigenvalue weighted by atomic mass is 35.5. The van der Waals surface area contributed by atoms with E-state index >= 15 is 0 Å². The molecular weight excluding hydrogens is 290 g/mol. The summed E-state index contributed by atoms with van der Waals surface area (Å²) in [6, 6.07) is 9.16. The molecule has 0 bridgehead atoms. The lowest BCUT2D eigenvalue weighted by Crippen LogP contribution is -2.23. The summed E-state index contributed by atoms with van der Waals surface area (Å²) in [6.45, 7) is -1.76. The Morgan fingerprint density at radius 2 is 1.85 bits per heavy atom. The summed E-state index contributed by atoms with van der Waals surface area (Å²) in [6.07, 6.45) is 0. The largest absolute Gasteiger partial charge is 0.480 e. The number of carboxylic acids is 1. The van der Waals surface area contributed by atoms with Crippen LogP contribution in [0.3, 0.4) is 0 Å². The van der Waals surface area contributed by atoms with E-state index in [4.69, 9.17) is 16.7 Å². The number of fused-ring (bicyclic) bond motifs is 1. The highest BCUT2D eigenvalue weighted by Gasteiger charge is 2.34. The molecule has 0 saturated heterocycles. The molecule has 2 aromatic carbocycles. The summed E-state index contributed by atoms with van der Waals surface area (Å²) < 4.78 is 32.7. The molecule has 0 heterocycles. The summed E-state index contributed by atoms with van der Waals surface area (Å²) in [5.74, 6) is -4.58. The molecule has 2 aromatic rings. The second kappa shape index (κ2) is 5.73. The highest BCUT2D eigenvalue weighted by Crippen LogP contribution is 2.36. The van der Waals surface area contributed by atoms with E-state index in [1.165, 1.54) is 12.1 Å². The van der Waals surface area contributed by atoms with Crippen molar-refractivity contribution in [3.63, 3.8) is 0 Å². The van der Waals surface area contributed by atoms with Crippen LogP contribution in [-0.2, 0) is 15.5 Å². The number of alkyl halides is 2. The summed E-state index contributed by atoms with van der Waals surface area (Å²) >= 11 is 5.97. The summed E-state index contributed by atoms with van der Waals surface area (Å²) in [4.78, 5) is 10.3. The van der Waals surface area contributed by atoms with Crippen LogP contribution in [0.5, 0.6) is 0 Å². The fourth-order valence-electron chi connectivity index (χ4n) is 1.93. The lowest BCUT2D eigenvalue weighted by atomic mass is 10.00. The number of ether oxygens (including phenoxy) is 1. The fraction of sp³-hybridized carbons (Fsp3) is 0.214. The van der Waals surface area contributed by atoms with Crippen molar-refractivity contribution >= 4 is 28.3 Å². The van der Waals surface area contributed by atoms with Crippen molar-refractivity contribution in [3.05, 3.63) is 47.0 Å². The number of halogens is 3. The standard InChI is InChI=1S/C14H11ClF2O3/c15-12-6-5-11(9-3-1-2-4-10(9)12)14(16,17)8-20-7-13(18)19/h1-6H,7-8H2,(H,18,19). The van der Waals surface area contributed by atoms with Crippen LogP contribution in [0, 0.1) is 0 Å². The Morgan fingerprint density at radius 3 is 2.50 bits per heavy atom. The first kappa shape index (κ1) is 14.7. The second-order valence-corrected chi connectivity index (χ2v) is 4.64. The van der Waals surface area contributed by atoms with E-state index < -0.39 is 25.1 Å². The number of carbonyl (C=O) groups is 1. The Bertz CT molecular complexity index is 643. The zero-order valence-electron chi connectivity index (χ0n) is 10.3. The number of hydrogen-bond acceptors (Lipinski definition) is 2. The van der Waals surface area contributed by atoms with Crippen LogP contribution in [0.25, 0.3) is 10.8 Å². The van der Waals surface area contributed by atoms with E-state index in [2.05, 4.69) is 4.74 Å². The monoisotopic (exact) mass is 300 g/mol. The number of hydrogen-bond donors (Lipinski definition) is 1. The predicted octanol–water partition coefficient (Wildman–Crippen LogP) is 3.69. The SMILES string of the molecule is O=C(O)COCC(F)(F)c1ccc(Cl)c2ccccc12. The van der Waals surface area contributed by atoms with Gasteiger partial charge in [0.05, 0.1) is 0 Å². The molecular formula is C14H11ClF2O3. The van der Waals surface area contributed by atoms with Crippen molar-refractivity contribution in [1.29, 1.82) is 0 Å². The molecule has 6 heteroatoms. The minimum Gasteiger partial charge on any atom is -0.480 e. The van der Waals surface area contributed by atoms with Crippen LogP contribution in [0.2, 0.25) is 5.02 Å². The first-order valence-electron chi connectivity index (χ1n) is 5.77. The van der Waals surface area contributed by atoms with Crippen molar-refractivity contribution in [3.8, 4) is 0 Å². The molecule has 106 valence electrons. The molecule has 0 amide bonds. The highest BCUT2D eigenvalue weighted by molar-refractivity contribution is 6.35. The van der Waals surface area contributed by atoms with Crippen molar-refractivity contribution in [2.24, 2.45) is 0 Å². The van der Waals surface area contributed by atoms with Crippen LogP contribution in [0.15, 0.2) is 36.4 Å². The first-order chi connectivity index (χ1) is 9.42. The first-order valence-corrected chi connectivity index (χ1v) is 6.15. The van der Waals surface area contributed by atoms with Crippen LogP contribution in [-0.4, -0.2) is 24.3 Å². The third-order valence-electron chi connectivity index (χ3n) is 2.77. The van der Waals surface area contributed by atoms with E-state index in [1.54, 1.807) is 24.3 Å². The summed E-state index contributed by atoms with van der Waals surface area (Å²) in [7, 11) is 0. The van der Waals surface area contributed by atoms with Crippen molar-refractivity contribution in [2.75, 3.05) is 13.2 Å². The second-order valence-electron chi connectivity index (χ2n) is 4.23. The summed E-state index contributed by atoms with van der Waals surface area (Å²) in [5, 5.41) is 9.62. The molecule has 0 spiro atoms. The molecule has 0 aliphatic carbocycles. The normalized spacial score (nSPS) is 11.8. The molecule has 0 aliphatic rings. The lowest BCUT2D eigenvalue weighted by molar-refractivity contribution is -0.147. The van der Waals surface area contributed by atoms with Crippen molar-refractivity contribution in [1.82, 2.24) is 0 Å². The van der Waals surface area contributed by atoms with E-state index in [-0.39, 0.29) is 5.56 Å². The summed E-state index contributed by atoms with van der Waals surface area (Å²) in [5.41, 5.74) is -0.233. The zero-order chi connectivity index (χ0) is 14.8. The van der Waals surface area contributed by atoms with Gasteiger partial charge in [0.25, 0.3) is 5.92 Å². The molecule has 0 aliphatic heterocycles. The molecule has 0 saturated carbocycles. The van der Waals surface area contributed by atoms with Crippen LogP contribution in [0.4, 0.5) is 8.78 Å². The third-order valence-corrected chi connectivity index (χ3v) is 3.10. The van der Waals surface area contributed by atoms with Crippen LogP contribution >= 0.6 is 11.6 Å². The Balaban J connectivity index is 2.36. The predicted molar refractivity (Wildman–Crippen MR) is 71.3 cm³/mol. The average Bonchev–Trinajstić information content (AvgIpc) is 2.38. The van der Waals surface area contributed by atoms with Gasteiger partial charge in [-0.25, -0.2) is 4.79 Å². The van der Waals surface area contributed by atoms with E-state index in [9.17, 15) is 13.6 Å². The quantitative estimate of drug-likeness (QED) is 0.916. The maximum atomic E-state index is 14.1. The number of carboxylic acid groups (broad SMARTS) is 1. The molecule has 1 N–H and O–H groups in total. The van der Waals surface area contributed by atoms with Gasteiger partial charge in [-0.15, -0.1) is 0 Å². The van der Waals surface area contributed by atoms with Crippen molar-refractivity contribution < 1.29 is 23.4 Å². The Morgan fingerprint density at radius 1 is 1.20 bits per heavy atom. The molecule has 0 unspecified atom stereocenters. The van der Waals surface area contributed by atoms with Gasteiger partial charge >= 0.3 is 5.97 Å². The molecule has 20 heavy (non-hydrogen) atoms. The van der Waals surface area contributed by atoms with Gasteiger partial charge in [0.15, 0.2) is 0 Å². The Hall–Kier alpha value is -1.72. The maximum absolute atomic E-state index is 14.1. The minimum absolute atomic E-state index is 0.233. The van der Waals surface area contributed by atoms with Crippen LogP contribution < -0.4 is 0 Å².